The highest BCUT2D eigenvalue weighted by Gasteiger charge is 2.42. The highest BCUT2D eigenvalue weighted by Crippen LogP contribution is 2.42. The fourth-order valence-electron chi connectivity index (χ4n) is 3.60. The first-order valence-corrected chi connectivity index (χ1v) is 6.90. The van der Waals surface area contributed by atoms with E-state index in [9.17, 15) is 5.11 Å². The fraction of sp³-hybridized carbons (Fsp3) is 1.00. The van der Waals surface area contributed by atoms with E-state index in [1.807, 2.05) is 0 Å². The van der Waals surface area contributed by atoms with E-state index in [2.05, 4.69) is 13.8 Å². The molecule has 0 aromatic rings. The Morgan fingerprint density at radius 1 is 1.38 bits per heavy atom. The Balaban J connectivity index is 1.93. The third kappa shape index (κ3) is 2.78. The van der Waals surface area contributed by atoms with E-state index < -0.39 is 5.60 Å². The van der Waals surface area contributed by atoms with Crippen molar-refractivity contribution in [2.75, 3.05) is 13.2 Å². The van der Waals surface area contributed by atoms with Crippen molar-refractivity contribution in [3.8, 4) is 0 Å². The van der Waals surface area contributed by atoms with Gasteiger partial charge in [-0.3, -0.25) is 0 Å². The van der Waals surface area contributed by atoms with Crippen LogP contribution in [0.2, 0.25) is 0 Å². The van der Waals surface area contributed by atoms with Crippen molar-refractivity contribution in [2.45, 2.75) is 58.0 Å². The van der Waals surface area contributed by atoms with E-state index in [4.69, 9.17) is 4.74 Å². The molecule has 2 nitrogen and oxygen atoms in total. The van der Waals surface area contributed by atoms with Crippen LogP contribution in [0.4, 0.5) is 0 Å². The lowest BCUT2D eigenvalue weighted by Crippen LogP contribution is -2.43. The summed E-state index contributed by atoms with van der Waals surface area (Å²) in [6.45, 7) is 6.20. The Kier molecular flexibility index (Phi) is 3.91. The lowest BCUT2D eigenvalue weighted by molar-refractivity contribution is -0.0685. The van der Waals surface area contributed by atoms with Crippen LogP contribution in [0, 0.1) is 17.8 Å². The van der Waals surface area contributed by atoms with Crippen molar-refractivity contribution in [3.05, 3.63) is 0 Å². The molecule has 94 valence electrons. The molecule has 1 N–H and O–H groups in total. The fourth-order valence-corrected chi connectivity index (χ4v) is 3.60. The van der Waals surface area contributed by atoms with Crippen LogP contribution in [0.1, 0.15) is 52.4 Å². The van der Waals surface area contributed by atoms with Crippen molar-refractivity contribution in [2.24, 2.45) is 17.8 Å². The lowest BCUT2D eigenvalue weighted by Gasteiger charge is -2.41. The Morgan fingerprint density at radius 2 is 2.19 bits per heavy atom. The van der Waals surface area contributed by atoms with Gasteiger partial charge in [-0.15, -0.1) is 0 Å². The Morgan fingerprint density at radius 3 is 2.81 bits per heavy atom. The van der Waals surface area contributed by atoms with Crippen molar-refractivity contribution in [3.63, 3.8) is 0 Å². The van der Waals surface area contributed by atoms with Gasteiger partial charge < -0.3 is 9.84 Å². The Labute approximate surface area is 99.4 Å². The normalized spacial score (nSPS) is 40.5. The molecule has 1 aliphatic carbocycles. The average Bonchev–Trinajstić information content (AvgIpc) is 2.69. The van der Waals surface area contributed by atoms with Crippen LogP contribution in [0.5, 0.6) is 0 Å². The molecule has 2 heteroatoms. The summed E-state index contributed by atoms with van der Waals surface area (Å²) in [6, 6.07) is 0. The third-order valence-corrected chi connectivity index (χ3v) is 4.36. The standard InChI is InChI=1S/C14H26O2/c1-11(2)8-12-4-3-6-14(15,9-12)13-5-7-16-10-13/h11-13,15H,3-10H2,1-2H3. The van der Waals surface area contributed by atoms with Crippen LogP contribution in [0.15, 0.2) is 0 Å². The zero-order valence-corrected chi connectivity index (χ0v) is 10.7. The van der Waals surface area contributed by atoms with Gasteiger partial charge in [0.1, 0.15) is 0 Å². The van der Waals surface area contributed by atoms with E-state index in [1.54, 1.807) is 0 Å². The third-order valence-electron chi connectivity index (χ3n) is 4.36. The van der Waals surface area contributed by atoms with Gasteiger partial charge in [-0.2, -0.15) is 0 Å². The Bertz CT molecular complexity index is 221. The molecule has 1 heterocycles. The van der Waals surface area contributed by atoms with Gasteiger partial charge in [0.05, 0.1) is 12.2 Å². The van der Waals surface area contributed by atoms with Crippen LogP contribution in [0.25, 0.3) is 0 Å². The largest absolute Gasteiger partial charge is 0.390 e. The molecule has 1 saturated carbocycles. The van der Waals surface area contributed by atoms with E-state index >= 15 is 0 Å². The second-order valence-electron chi connectivity index (χ2n) is 6.26. The second-order valence-corrected chi connectivity index (χ2v) is 6.26. The van der Waals surface area contributed by atoms with Crippen LogP contribution in [0.3, 0.4) is 0 Å². The van der Waals surface area contributed by atoms with Crippen LogP contribution in [-0.4, -0.2) is 23.9 Å². The monoisotopic (exact) mass is 226 g/mol. The molecule has 2 rings (SSSR count). The maximum absolute atomic E-state index is 10.8. The molecule has 2 aliphatic rings. The minimum Gasteiger partial charge on any atom is -0.390 e. The predicted octanol–water partition coefficient (Wildman–Crippen LogP) is 2.99. The molecule has 2 fully saturated rings. The van der Waals surface area contributed by atoms with Gasteiger partial charge in [0.25, 0.3) is 0 Å². The molecule has 0 bridgehead atoms. The first-order valence-electron chi connectivity index (χ1n) is 6.90. The van der Waals surface area contributed by atoms with Gasteiger partial charge in [-0.1, -0.05) is 26.7 Å². The van der Waals surface area contributed by atoms with Crippen molar-refractivity contribution >= 4 is 0 Å². The van der Waals surface area contributed by atoms with E-state index in [-0.39, 0.29) is 0 Å². The molecule has 0 aromatic heterocycles. The molecule has 0 amide bonds. The first-order chi connectivity index (χ1) is 7.60. The number of aliphatic hydroxyl groups is 1. The summed E-state index contributed by atoms with van der Waals surface area (Å²) >= 11 is 0. The summed E-state index contributed by atoms with van der Waals surface area (Å²) in [4.78, 5) is 0. The van der Waals surface area contributed by atoms with Gasteiger partial charge in [0.15, 0.2) is 0 Å². The zero-order chi connectivity index (χ0) is 11.6. The minimum absolute atomic E-state index is 0.405. The zero-order valence-electron chi connectivity index (χ0n) is 10.7. The summed E-state index contributed by atoms with van der Waals surface area (Å²) in [5.74, 6) is 1.90. The summed E-state index contributed by atoms with van der Waals surface area (Å²) in [6.07, 6.45) is 6.86. The number of hydrogen-bond donors (Lipinski definition) is 1. The summed E-state index contributed by atoms with van der Waals surface area (Å²) in [5, 5.41) is 10.8. The molecular weight excluding hydrogens is 200 g/mol. The van der Waals surface area contributed by atoms with Gasteiger partial charge in [-0.05, 0) is 37.5 Å². The van der Waals surface area contributed by atoms with E-state index in [0.717, 1.165) is 44.3 Å². The maximum atomic E-state index is 10.8. The van der Waals surface area contributed by atoms with Gasteiger partial charge in [0, 0.05) is 12.5 Å². The molecule has 0 spiro atoms. The van der Waals surface area contributed by atoms with Gasteiger partial charge >= 0.3 is 0 Å². The topological polar surface area (TPSA) is 29.5 Å². The summed E-state index contributed by atoms with van der Waals surface area (Å²) in [7, 11) is 0. The van der Waals surface area contributed by atoms with E-state index in [1.165, 1.54) is 19.3 Å². The highest BCUT2D eigenvalue weighted by atomic mass is 16.5. The van der Waals surface area contributed by atoms with Crippen molar-refractivity contribution in [1.82, 2.24) is 0 Å². The Hall–Kier alpha value is -0.0800. The molecule has 3 unspecified atom stereocenters. The molecule has 1 saturated heterocycles. The molecule has 3 atom stereocenters. The molecule has 0 aromatic carbocycles. The first kappa shape index (κ1) is 12.4. The SMILES string of the molecule is CC(C)CC1CCCC(O)(C2CCOC2)C1. The lowest BCUT2D eigenvalue weighted by atomic mass is 9.69. The number of hydrogen-bond acceptors (Lipinski definition) is 2. The predicted molar refractivity (Wildman–Crippen MR) is 65.3 cm³/mol. The molecule has 0 radical (unpaired) electrons. The minimum atomic E-state index is -0.408. The number of ether oxygens (including phenoxy) is 1. The average molecular weight is 226 g/mol. The van der Waals surface area contributed by atoms with Crippen LogP contribution < -0.4 is 0 Å². The van der Waals surface area contributed by atoms with E-state index in [0.29, 0.717) is 5.92 Å². The molecule has 1 aliphatic heterocycles. The summed E-state index contributed by atoms with van der Waals surface area (Å²) < 4.78 is 5.43. The quantitative estimate of drug-likeness (QED) is 0.801. The second kappa shape index (κ2) is 5.05. The van der Waals surface area contributed by atoms with Crippen molar-refractivity contribution < 1.29 is 9.84 Å². The summed E-state index contributed by atoms with van der Waals surface area (Å²) in [5.41, 5.74) is -0.408. The van der Waals surface area contributed by atoms with Crippen LogP contribution >= 0.6 is 0 Å². The maximum Gasteiger partial charge on any atom is 0.0701 e. The molecular formula is C14H26O2. The number of rotatable bonds is 3. The smallest absolute Gasteiger partial charge is 0.0701 e. The van der Waals surface area contributed by atoms with Crippen molar-refractivity contribution in [1.29, 1.82) is 0 Å². The highest BCUT2D eigenvalue weighted by molar-refractivity contribution is 4.93. The van der Waals surface area contributed by atoms with Crippen LogP contribution in [-0.2, 0) is 4.74 Å². The van der Waals surface area contributed by atoms with Gasteiger partial charge in [0.2, 0.25) is 0 Å². The van der Waals surface area contributed by atoms with Gasteiger partial charge in [-0.25, -0.2) is 0 Å². The molecule has 16 heavy (non-hydrogen) atoms.